The molecule has 0 radical (unpaired) electrons. The zero-order valence-electron chi connectivity index (χ0n) is 19.6. The largest absolute Gasteiger partial charge is 0.491 e. The molecule has 7 nitrogen and oxygen atoms in total. The summed E-state index contributed by atoms with van der Waals surface area (Å²) in [6.07, 6.45) is 1.74. The van der Waals surface area contributed by atoms with Crippen molar-refractivity contribution in [3.8, 4) is 17.1 Å². The maximum absolute atomic E-state index is 13.0. The minimum absolute atomic E-state index is 0.120. The van der Waals surface area contributed by atoms with Gasteiger partial charge in [0.2, 0.25) is 0 Å². The first-order valence-corrected chi connectivity index (χ1v) is 11.3. The highest BCUT2D eigenvalue weighted by molar-refractivity contribution is 5.74. The molecule has 33 heavy (non-hydrogen) atoms. The van der Waals surface area contributed by atoms with Crippen LogP contribution in [-0.2, 0) is 18.3 Å². The summed E-state index contributed by atoms with van der Waals surface area (Å²) in [5.74, 6) is 1.75. The fourth-order valence-electron chi connectivity index (χ4n) is 3.89. The lowest BCUT2D eigenvalue weighted by Gasteiger charge is -2.12. The number of hydrogen-bond acceptors (Lipinski definition) is 5. The monoisotopic (exact) mass is 446 g/mol. The molecule has 0 aliphatic heterocycles. The molecule has 7 heteroatoms. The lowest BCUT2D eigenvalue weighted by Crippen LogP contribution is -2.22. The van der Waals surface area contributed by atoms with Crippen molar-refractivity contribution in [3.05, 3.63) is 76.3 Å². The van der Waals surface area contributed by atoms with Crippen LogP contribution in [0.25, 0.3) is 22.6 Å². The highest BCUT2D eigenvalue weighted by Gasteiger charge is 2.17. The van der Waals surface area contributed by atoms with Crippen LogP contribution in [0.5, 0.6) is 5.75 Å². The molecule has 0 aliphatic carbocycles. The van der Waals surface area contributed by atoms with Crippen molar-refractivity contribution in [1.29, 1.82) is 0 Å². The summed E-state index contributed by atoms with van der Waals surface area (Å²) in [5, 5.41) is 0. The standard InChI is InChI=1S/C26H30N4O3/c1-5-32-14-15-33-20-12-10-19(11-13-20)17-30-25-23(29(4)26(30)31)16-27-24(28-25)22-9-7-6-8-21(22)18(2)3/h6-13,16,18H,5,14-15,17H2,1-4H3. The number of nitrogens with zero attached hydrogens (tertiary/aromatic N) is 4. The third-order valence-corrected chi connectivity index (χ3v) is 5.67. The summed E-state index contributed by atoms with van der Waals surface area (Å²) < 4.78 is 14.3. The van der Waals surface area contributed by atoms with E-state index < -0.39 is 0 Å². The lowest BCUT2D eigenvalue weighted by atomic mass is 9.97. The Morgan fingerprint density at radius 1 is 1.03 bits per heavy atom. The predicted molar refractivity (Wildman–Crippen MR) is 130 cm³/mol. The molecule has 2 aromatic heterocycles. The topological polar surface area (TPSA) is 71.2 Å². The van der Waals surface area contributed by atoms with E-state index in [1.165, 1.54) is 5.56 Å². The smallest absolute Gasteiger partial charge is 0.330 e. The molecule has 0 aliphatic rings. The SMILES string of the molecule is CCOCCOc1ccc(Cn2c(=O)n(C)c3cnc(-c4ccccc4C(C)C)nc32)cc1. The molecule has 2 aromatic carbocycles. The van der Waals surface area contributed by atoms with Gasteiger partial charge in [-0.1, -0.05) is 50.2 Å². The lowest BCUT2D eigenvalue weighted by molar-refractivity contribution is 0.110. The van der Waals surface area contributed by atoms with E-state index in [0.717, 1.165) is 16.9 Å². The van der Waals surface area contributed by atoms with Crippen LogP contribution in [0.15, 0.2) is 59.5 Å². The van der Waals surface area contributed by atoms with E-state index in [-0.39, 0.29) is 5.69 Å². The molecule has 0 spiro atoms. The summed E-state index contributed by atoms with van der Waals surface area (Å²) in [6, 6.07) is 15.9. The minimum Gasteiger partial charge on any atom is -0.491 e. The van der Waals surface area contributed by atoms with Gasteiger partial charge in [-0.3, -0.25) is 9.13 Å². The van der Waals surface area contributed by atoms with Gasteiger partial charge in [0.15, 0.2) is 11.5 Å². The molecule has 0 saturated carbocycles. The number of benzene rings is 2. The summed E-state index contributed by atoms with van der Waals surface area (Å²) in [6.45, 7) is 8.42. The molecule has 0 N–H and O–H groups in total. The van der Waals surface area contributed by atoms with Gasteiger partial charge < -0.3 is 9.47 Å². The first kappa shape index (κ1) is 22.7. The maximum atomic E-state index is 13.0. The van der Waals surface area contributed by atoms with Gasteiger partial charge in [0.05, 0.1) is 19.3 Å². The number of aryl methyl sites for hydroxylation is 1. The molecule has 4 aromatic rings. The Labute approximate surface area is 193 Å². The molecule has 172 valence electrons. The zero-order valence-corrected chi connectivity index (χ0v) is 19.6. The van der Waals surface area contributed by atoms with E-state index in [2.05, 4.69) is 24.9 Å². The summed E-state index contributed by atoms with van der Waals surface area (Å²) in [5.41, 5.74) is 4.38. The Morgan fingerprint density at radius 3 is 2.52 bits per heavy atom. The van der Waals surface area contributed by atoms with Gasteiger partial charge in [-0.15, -0.1) is 0 Å². The molecule has 0 unspecified atom stereocenters. The molecule has 0 bridgehead atoms. The number of ether oxygens (including phenoxy) is 2. The van der Waals surface area contributed by atoms with Crippen molar-refractivity contribution in [2.45, 2.75) is 33.2 Å². The van der Waals surface area contributed by atoms with Crippen molar-refractivity contribution in [3.63, 3.8) is 0 Å². The van der Waals surface area contributed by atoms with Crippen LogP contribution in [0, 0.1) is 0 Å². The van der Waals surface area contributed by atoms with E-state index in [1.807, 2.05) is 49.4 Å². The Morgan fingerprint density at radius 2 is 1.79 bits per heavy atom. The average molecular weight is 447 g/mol. The van der Waals surface area contributed by atoms with Crippen molar-refractivity contribution in [2.24, 2.45) is 7.05 Å². The number of fused-ring (bicyclic) bond motifs is 1. The van der Waals surface area contributed by atoms with E-state index in [9.17, 15) is 4.79 Å². The van der Waals surface area contributed by atoms with E-state index in [4.69, 9.17) is 14.5 Å². The summed E-state index contributed by atoms with van der Waals surface area (Å²) in [4.78, 5) is 22.4. The van der Waals surface area contributed by atoms with Gasteiger partial charge in [0, 0.05) is 19.2 Å². The van der Waals surface area contributed by atoms with Crippen LogP contribution in [-0.4, -0.2) is 38.9 Å². The highest BCUT2D eigenvalue weighted by Crippen LogP contribution is 2.27. The van der Waals surface area contributed by atoms with Crippen LogP contribution >= 0.6 is 0 Å². The van der Waals surface area contributed by atoms with Gasteiger partial charge in [-0.05, 0) is 36.1 Å². The Hall–Kier alpha value is -3.45. The second-order valence-corrected chi connectivity index (χ2v) is 8.26. The molecule has 0 amide bonds. The van der Waals surface area contributed by atoms with Crippen LogP contribution in [0.3, 0.4) is 0 Å². The summed E-state index contributed by atoms with van der Waals surface area (Å²) in [7, 11) is 1.75. The maximum Gasteiger partial charge on any atom is 0.330 e. The molecule has 2 heterocycles. The van der Waals surface area contributed by atoms with Crippen molar-refractivity contribution in [2.75, 3.05) is 19.8 Å². The number of imidazole rings is 1. The Bertz CT molecular complexity index is 1290. The molecule has 0 saturated heterocycles. The van der Waals surface area contributed by atoms with E-state index in [1.54, 1.807) is 22.4 Å². The van der Waals surface area contributed by atoms with Gasteiger partial charge in [-0.2, -0.15) is 0 Å². The van der Waals surface area contributed by atoms with Crippen molar-refractivity contribution >= 4 is 11.2 Å². The zero-order chi connectivity index (χ0) is 23.4. The fraction of sp³-hybridized carbons (Fsp3) is 0.346. The average Bonchev–Trinajstić information content (AvgIpc) is 3.07. The van der Waals surface area contributed by atoms with E-state index in [0.29, 0.717) is 49.3 Å². The van der Waals surface area contributed by atoms with Crippen LogP contribution in [0.1, 0.15) is 37.8 Å². The second kappa shape index (κ2) is 10.0. The second-order valence-electron chi connectivity index (χ2n) is 8.26. The number of hydrogen-bond donors (Lipinski definition) is 0. The van der Waals surface area contributed by atoms with Crippen LogP contribution in [0.2, 0.25) is 0 Å². The quantitative estimate of drug-likeness (QED) is 0.357. The van der Waals surface area contributed by atoms with Crippen LogP contribution < -0.4 is 10.4 Å². The third kappa shape index (κ3) is 4.83. The van der Waals surface area contributed by atoms with Crippen LogP contribution in [0.4, 0.5) is 0 Å². The van der Waals surface area contributed by atoms with Gasteiger partial charge in [-0.25, -0.2) is 14.8 Å². The van der Waals surface area contributed by atoms with E-state index >= 15 is 0 Å². The number of aromatic nitrogens is 4. The molecular formula is C26H30N4O3. The third-order valence-electron chi connectivity index (χ3n) is 5.67. The molecular weight excluding hydrogens is 416 g/mol. The van der Waals surface area contributed by atoms with Crippen molar-refractivity contribution in [1.82, 2.24) is 19.1 Å². The predicted octanol–water partition coefficient (Wildman–Crippen LogP) is 4.38. The minimum atomic E-state index is -0.120. The first-order valence-electron chi connectivity index (χ1n) is 11.3. The molecule has 0 atom stereocenters. The van der Waals surface area contributed by atoms with Crippen molar-refractivity contribution < 1.29 is 9.47 Å². The Balaban J connectivity index is 1.65. The van der Waals surface area contributed by atoms with Gasteiger partial charge >= 0.3 is 5.69 Å². The van der Waals surface area contributed by atoms with Gasteiger partial charge in [0.1, 0.15) is 17.9 Å². The fourth-order valence-corrected chi connectivity index (χ4v) is 3.89. The highest BCUT2D eigenvalue weighted by atomic mass is 16.5. The Kier molecular flexibility index (Phi) is 6.89. The molecule has 4 rings (SSSR count). The van der Waals surface area contributed by atoms with Gasteiger partial charge in [0.25, 0.3) is 0 Å². The summed E-state index contributed by atoms with van der Waals surface area (Å²) >= 11 is 0. The first-order chi connectivity index (χ1) is 16.0. The molecule has 0 fully saturated rings. The number of rotatable bonds is 9. The normalized spacial score (nSPS) is 11.4.